The van der Waals surface area contributed by atoms with E-state index in [1.54, 1.807) is 5.56 Å². The molecule has 0 aromatic heterocycles. The van der Waals surface area contributed by atoms with E-state index in [4.69, 9.17) is 0 Å². The second-order valence-electron chi connectivity index (χ2n) is 7.22. The Labute approximate surface area is 150 Å². The normalized spacial score (nSPS) is 14.2. The van der Waals surface area contributed by atoms with Crippen molar-refractivity contribution in [3.8, 4) is 0 Å². The Morgan fingerprint density at radius 1 is 0.875 bits per heavy atom. The summed E-state index contributed by atoms with van der Waals surface area (Å²) in [6, 6.07) is 8.99. The minimum Gasteiger partial charge on any atom is -0.371 e. The van der Waals surface area contributed by atoms with E-state index in [-0.39, 0.29) is 0 Å². The van der Waals surface area contributed by atoms with Crippen LogP contribution in [0.25, 0.3) is 0 Å². The third-order valence-corrected chi connectivity index (χ3v) is 5.50. The van der Waals surface area contributed by atoms with Crippen LogP contribution in [0.1, 0.15) is 70.8 Å². The molecule has 1 heterocycles. The second-order valence-corrected chi connectivity index (χ2v) is 7.22. The molecule has 1 aromatic rings. The van der Waals surface area contributed by atoms with Crippen LogP contribution >= 0.6 is 0 Å². The molecule has 1 aliphatic heterocycles. The SMILES string of the molecule is CCN(CC)CCCCCCCCCN1CCCc2ccccc21. The fourth-order valence-electron chi connectivity index (χ4n) is 3.91. The molecule has 0 spiro atoms. The van der Waals surface area contributed by atoms with E-state index in [0.29, 0.717) is 0 Å². The molecule has 0 saturated carbocycles. The van der Waals surface area contributed by atoms with Gasteiger partial charge in [-0.25, -0.2) is 0 Å². The molecule has 2 heteroatoms. The topological polar surface area (TPSA) is 6.48 Å². The van der Waals surface area contributed by atoms with E-state index in [2.05, 4.69) is 47.9 Å². The van der Waals surface area contributed by atoms with E-state index < -0.39 is 0 Å². The molecular formula is C22H38N2. The number of nitrogens with zero attached hydrogens (tertiary/aromatic N) is 2. The first-order chi connectivity index (χ1) is 11.8. The molecule has 24 heavy (non-hydrogen) atoms. The monoisotopic (exact) mass is 330 g/mol. The molecule has 0 saturated heterocycles. The molecule has 1 aliphatic rings. The number of unbranched alkanes of at least 4 members (excludes halogenated alkanes) is 6. The molecule has 0 radical (unpaired) electrons. The lowest BCUT2D eigenvalue weighted by atomic mass is 10.0. The van der Waals surface area contributed by atoms with Crippen LogP contribution in [-0.4, -0.2) is 37.6 Å². The first-order valence-corrected chi connectivity index (χ1v) is 10.4. The Bertz CT molecular complexity index is 439. The summed E-state index contributed by atoms with van der Waals surface area (Å²) in [4.78, 5) is 5.15. The number of rotatable bonds is 12. The summed E-state index contributed by atoms with van der Waals surface area (Å²) in [6.07, 6.45) is 12.4. The van der Waals surface area contributed by atoms with Crippen molar-refractivity contribution < 1.29 is 0 Å². The quantitative estimate of drug-likeness (QED) is 0.466. The maximum atomic E-state index is 2.61. The van der Waals surface area contributed by atoms with Gasteiger partial charge in [0.05, 0.1) is 0 Å². The Balaban J connectivity index is 1.49. The Kier molecular flexibility index (Phi) is 9.27. The minimum atomic E-state index is 1.20. The molecule has 0 atom stereocenters. The van der Waals surface area contributed by atoms with Crippen molar-refractivity contribution in [1.82, 2.24) is 4.90 Å². The van der Waals surface area contributed by atoms with Gasteiger partial charge in [-0.15, -0.1) is 0 Å². The Hall–Kier alpha value is -1.02. The third-order valence-electron chi connectivity index (χ3n) is 5.50. The first kappa shape index (κ1) is 19.3. The molecule has 0 amide bonds. The summed E-state index contributed by atoms with van der Waals surface area (Å²) in [6.45, 7) is 10.7. The Morgan fingerprint density at radius 2 is 1.54 bits per heavy atom. The van der Waals surface area contributed by atoms with Crippen molar-refractivity contribution in [3.05, 3.63) is 29.8 Å². The highest BCUT2D eigenvalue weighted by atomic mass is 15.1. The van der Waals surface area contributed by atoms with Gasteiger partial charge in [0.1, 0.15) is 0 Å². The maximum Gasteiger partial charge on any atom is 0.0398 e. The number of aryl methyl sites for hydroxylation is 1. The predicted octanol–water partition coefficient (Wildman–Crippen LogP) is 5.51. The van der Waals surface area contributed by atoms with Crippen LogP contribution in [0.3, 0.4) is 0 Å². The van der Waals surface area contributed by atoms with Gasteiger partial charge < -0.3 is 9.80 Å². The number of fused-ring (bicyclic) bond motifs is 1. The average Bonchev–Trinajstić information content (AvgIpc) is 2.63. The molecule has 1 aromatic carbocycles. The van der Waals surface area contributed by atoms with Gasteiger partial charge in [-0.2, -0.15) is 0 Å². The van der Waals surface area contributed by atoms with Crippen molar-refractivity contribution in [2.75, 3.05) is 37.6 Å². The lowest BCUT2D eigenvalue weighted by Crippen LogP contribution is -2.30. The van der Waals surface area contributed by atoms with Crippen LogP contribution < -0.4 is 4.90 Å². The maximum absolute atomic E-state index is 2.61. The predicted molar refractivity (Wildman–Crippen MR) is 107 cm³/mol. The van der Waals surface area contributed by atoms with Gasteiger partial charge >= 0.3 is 0 Å². The van der Waals surface area contributed by atoms with Gasteiger partial charge in [0, 0.05) is 18.8 Å². The summed E-state index contributed by atoms with van der Waals surface area (Å²) in [7, 11) is 0. The number of benzene rings is 1. The fourth-order valence-corrected chi connectivity index (χ4v) is 3.91. The number of para-hydroxylation sites is 1. The van der Waals surface area contributed by atoms with Gasteiger partial charge in [-0.05, 0) is 56.9 Å². The van der Waals surface area contributed by atoms with Crippen LogP contribution in [-0.2, 0) is 6.42 Å². The molecule has 0 unspecified atom stereocenters. The van der Waals surface area contributed by atoms with Crippen molar-refractivity contribution >= 4 is 5.69 Å². The molecule has 0 N–H and O–H groups in total. The summed E-state index contributed by atoms with van der Waals surface area (Å²) < 4.78 is 0. The van der Waals surface area contributed by atoms with Gasteiger partial charge in [0.15, 0.2) is 0 Å². The number of hydrogen-bond donors (Lipinski definition) is 0. The lowest BCUT2D eigenvalue weighted by molar-refractivity contribution is 0.295. The largest absolute Gasteiger partial charge is 0.371 e. The summed E-state index contributed by atoms with van der Waals surface area (Å²) >= 11 is 0. The summed E-state index contributed by atoms with van der Waals surface area (Å²) in [5.74, 6) is 0. The molecule has 2 rings (SSSR count). The van der Waals surface area contributed by atoms with Gasteiger partial charge in [0.25, 0.3) is 0 Å². The zero-order chi connectivity index (χ0) is 17.0. The van der Waals surface area contributed by atoms with Crippen molar-refractivity contribution in [2.45, 2.75) is 71.6 Å². The summed E-state index contributed by atoms with van der Waals surface area (Å²) in [5, 5.41) is 0. The number of hydrogen-bond acceptors (Lipinski definition) is 2. The van der Waals surface area contributed by atoms with Crippen LogP contribution in [0.2, 0.25) is 0 Å². The highest BCUT2D eigenvalue weighted by Crippen LogP contribution is 2.26. The molecule has 2 nitrogen and oxygen atoms in total. The van der Waals surface area contributed by atoms with Crippen LogP contribution in [0.15, 0.2) is 24.3 Å². The van der Waals surface area contributed by atoms with Crippen molar-refractivity contribution in [2.24, 2.45) is 0 Å². The van der Waals surface area contributed by atoms with E-state index in [9.17, 15) is 0 Å². The Morgan fingerprint density at radius 3 is 2.29 bits per heavy atom. The minimum absolute atomic E-state index is 1.20. The highest BCUT2D eigenvalue weighted by Gasteiger charge is 2.15. The van der Waals surface area contributed by atoms with Crippen molar-refractivity contribution in [1.29, 1.82) is 0 Å². The van der Waals surface area contributed by atoms with E-state index in [1.807, 2.05) is 0 Å². The van der Waals surface area contributed by atoms with Gasteiger partial charge in [-0.1, -0.05) is 64.2 Å². The van der Waals surface area contributed by atoms with E-state index in [0.717, 1.165) is 0 Å². The second kappa shape index (κ2) is 11.5. The lowest BCUT2D eigenvalue weighted by Gasteiger charge is -2.31. The van der Waals surface area contributed by atoms with Gasteiger partial charge in [-0.3, -0.25) is 0 Å². The van der Waals surface area contributed by atoms with Crippen molar-refractivity contribution in [3.63, 3.8) is 0 Å². The third kappa shape index (κ3) is 6.47. The summed E-state index contributed by atoms with van der Waals surface area (Å²) in [5.41, 5.74) is 3.05. The number of anilines is 1. The van der Waals surface area contributed by atoms with Crippen LogP contribution in [0.4, 0.5) is 5.69 Å². The molecule has 136 valence electrons. The van der Waals surface area contributed by atoms with Crippen LogP contribution in [0, 0.1) is 0 Å². The van der Waals surface area contributed by atoms with E-state index >= 15 is 0 Å². The smallest absolute Gasteiger partial charge is 0.0398 e. The fraction of sp³-hybridized carbons (Fsp3) is 0.727. The molecular weight excluding hydrogens is 292 g/mol. The molecule has 0 bridgehead atoms. The van der Waals surface area contributed by atoms with Gasteiger partial charge in [0.2, 0.25) is 0 Å². The average molecular weight is 331 g/mol. The van der Waals surface area contributed by atoms with Crippen LogP contribution in [0.5, 0.6) is 0 Å². The highest BCUT2D eigenvalue weighted by molar-refractivity contribution is 5.55. The zero-order valence-corrected chi connectivity index (χ0v) is 16.1. The van der Waals surface area contributed by atoms with E-state index in [1.165, 1.54) is 96.2 Å². The standard InChI is InChI=1S/C22H38N2/c1-3-23(4-2)18-12-8-6-5-7-9-13-19-24-20-14-16-21-15-10-11-17-22(21)24/h10-11,15,17H,3-9,12-14,16,18-20H2,1-2H3. The first-order valence-electron chi connectivity index (χ1n) is 10.4. The zero-order valence-electron chi connectivity index (χ0n) is 16.1. The molecule has 0 fully saturated rings. The molecule has 0 aliphatic carbocycles.